The normalized spacial score (nSPS) is 17.1. The molecular formula is C11H15BrN4O. The van der Waals surface area contributed by atoms with Gasteiger partial charge in [-0.25, -0.2) is 9.97 Å². The maximum Gasteiger partial charge on any atom is 0.217 e. The van der Waals surface area contributed by atoms with Crippen molar-refractivity contribution >= 4 is 27.7 Å². The van der Waals surface area contributed by atoms with Gasteiger partial charge in [-0.05, 0) is 34.7 Å². The number of primary amides is 1. The molecule has 92 valence electrons. The molecule has 1 amide bonds. The summed E-state index contributed by atoms with van der Waals surface area (Å²) in [5.74, 6) is 1.15. The van der Waals surface area contributed by atoms with Crippen molar-refractivity contribution in [1.29, 1.82) is 0 Å². The van der Waals surface area contributed by atoms with Gasteiger partial charge in [-0.15, -0.1) is 0 Å². The standard InChI is InChI=1S/C11H15BrN4O/c12-9-6-14-7-15-11(9)16-3-1-8(2-4-16)5-10(13)17/h6-8H,1-5H2,(H2,13,17). The van der Waals surface area contributed by atoms with Crippen molar-refractivity contribution in [3.05, 3.63) is 17.0 Å². The zero-order valence-corrected chi connectivity index (χ0v) is 11.1. The summed E-state index contributed by atoms with van der Waals surface area (Å²) in [6, 6.07) is 0. The van der Waals surface area contributed by atoms with Gasteiger partial charge >= 0.3 is 0 Å². The third kappa shape index (κ3) is 3.15. The van der Waals surface area contributed by atoms with E-state index in [0.717, 1.165) is 36.2 Å². The van der Waals surface area contributed by atoms with E-state index in [9.17, 15) is 4.79 Å². The van der Waals surface area contributed by atoms with Crippen LogP contribution >= 0.6 is 15.9 Å². The summed E-state index contributed by atoms with van der Waals surface area (Å²) >= 11 is 3.45. The number of hydrogen-bond acceptors (Lipinski definition) is 4. The van der Waals surface area contributed by atoms with Crippen molar-refractivity contribution < 1.29 is 4.79 Å². The molecule has 6 heteroatoms. The number of amides is 1. The molecule has 0 unspecified atom stereocenters. The summed E-state index contributed by atoms with van der Waals surface area (Å²) < 4.78 is 0.911. The summed E-state index contributed by atoms with van der Waals surface area (Å²) in [4.78, 5) is 21.3. The average molecular weight is 299 g/mol. The van der Waals surface area contributed by atoms with Gasteiger partial charge in [-0.1, -0.05) is 0 Å². The molecule has 1 saturated heterocycles. The molecule has 0 saturated carbocycles. The molecule has 5 nitrogen and oxygen atoms in total. The van der Waals surface area contributed by atoms with Gasteiger partial charge in [0.1, 0.15) is 12.1 Å². The Morgan fingerprint density at radius 1 is 1.53 bits per heavy atom. The van der Waals surface area contributed by atoms with Crippen molar-refractivity contribution in [2.45, 2.75) is 19.3 Å². The van der Waals surface area contributed by atoms with Crippen LogP contribution in [0.15, 0.2) is 17.0 Å². The number of nitrogens with two attached hydrogens (primary N) is 1. The third-order valence-electron chi connectivity index (χ3n) is 3.05. The molecule has 0 spiro atoms. The Hall–Kier alpha value is -1.17. The highest BCUT2D eigenvalue weighted by atomic mass is 79.9. The van der Waals surface area contributed by atoms with E-state index in [0.29, 0.717) is 12.3 Å². The highest BCUT2D eigenvalue weighted by molar-refractivity contribution is 9.10. The van der Waals surface area contributed by atoms with E-state index in [1.54, 1.807) is 12.5 Å². The first-order chi connectivity index (χ1) is 8.16. The van der Waals surface area contributed by atoms with Crippen molar-refractivity contribution in [3.8, 4) is 0 Å². The third-order valence-corrected chi connectivity index (χ3v) is 3.61. The number of anilines is 1. The average Bonchev–Trinajstić information content (AvgIpc) is 2.30. The van der Waals surface area contributed by atoms with Crippen LogP contribution in [0.4, 0.5) is 5.82 Å². The number of halogens is 1. The van der Waals surface area contributed by atoms with Crippen LogP contribution in [-0.2, 0) is 4.79 Å². The first-order valence-electron chi connectivity index (χ1n) is 5.65. The lowest BCUT2D eigenvalue weighted by Crippen LogP contribution is -2.35. The number of rotatable bonds is 3. The van der Waals surface area contributed by atoms with E-state index in [4.69, 9.17) is 5.73 Å². The van der Waals surface area contributed by atoms with E-state index >= 15 is 0 Å². The molecule has 1 aliphatic rings. The summed E-state index contributed by atoms with van der Waals surface area (Å²) in [6.45, 7) is 1.82. The van der Waals surface area contributed by atoms with E-state index in [1.165, 1.54) is 0 Å². The second-order valence-electron chi connectivity index (χ2n) is 4.30. The second-order valence-corrected chi connectivity index (χ2v) is 5.15. The molecule has 1 aromatic rings. The van der Waals surface area contributed by atoms with E-state index in [1.807, 2.05) is 0 Å². The number of carbonyl (C=O) groups excluding carboxylic acids is 1. The van der Waals surface area contributed by atoms with Gasteiger partial charge in [0.15, 0.2) is 0 Å². The zero-order valence-electron chi connectivity index (χ0n) is 9.47. The zero-order chi connectivity index (χ0) is 12.3. The summed E-state index contributed by atoms with van der Waals surface area (Å²) in [6.07, 6.45) is 5.77. The predicted molar refractivity (Wildman–Crippen MR) is 68.5 cm³/mol. The summed E-state index contributed by atoms with van der Waals surface area (Å²) in [7, 11) is 0. The van der Waals surface area contributed by atoms with Crippen molar-refractivity contribution in [2.75, 3.05) is 18.0 Å². The van der Waals surface area contributed by atoms with Crippen LogP contribution in [0, 0.1) is 5.92 Å². The fraction of sp³-hybridized carbons (Fsp3) is 0.545. The van der Waals surface area contributed by atoms with Crippen LogP contribution in [0.3, 0.4) is 0 Å². The summed E-state index contributed by atoms with van der Waals surface area (Å²) in [5.41, 5.74) is 5.21. The molecule has 0 atom stereocenters. The van der Waals surface area contributed by atoms with Gasteiger partial charge in [0.2, 0.25) is 5.91 Å². The number of piperidine rings is 1. The van der Waals surface area contributed by atoms with Crippen LogP contribution < -0.4 is 10.6 Å². The highest BCUT2D eigenvalue weighted by Gasteiger charge is 2.22. The summed E-state index contributed by atoms with van der Waals surface area (Å²) in [5, 5.41) is 0. The number of carbonyl (C=O) groups is 1. The van der Waals surface area contributed by atoms with Gasteiger partial charge in [-0.2, -0.15) is 0 Å². The molecule has 2 heterocycles. The van der Waals surface area contributed by atoms with E-state index in [2.05, 4.69) is 30.8 Å². The Morgan fingerprint density at radius 2 is 2.24 bits per heavy atom. The number of aromatic nitrogens is 2. The Morgan fingerprint density at radius 3 is 2.82 bits per heavy atom. The van der Waals surface area contributed by atoms with Gasteiger partial charge in [0.25, 0.3) is 0 Å². The fourth-order valence-electron chi connectivity index (χ4n) is 2.17. The number of nitrogens with zero attached hydrogens (tertiary/aromatic N) is 3. The minimum atomic E-state index is -0.202. The molecule has 2 rings (SSSR count). The van der Waals surface area contributed by atoms with Gasteiger partial charge in [0.05, 0.1) is 4.47 Å². The van der Waals surface area contributed by atoms with Crippen molar-refractivity contribution in [2.24, 2.45) is 11.7 Å². The monoisotopic (exact) mass is 298 g/mol. The Labute approximate surface area is 109 Å². The maximum atomic E-state index is 10.9. The molecule has 0 bridgehead atoms. The first-order valence-corrected chi connectivity index (χ1v) is 6.45. The lowest BCUT2D eigenvalue weighted by atomic mass is 9.93. The lowest BCUT2D eigenvalue weighted by Gasteiger charge is -2.32. The second kappa shape index (κ2) is 5.44. The van der Waals surface area contributed by atoms with Crippen LogP contribution in [0.25, 0.3) is 0 Å². The fourth-order valence-corrected chi connectivity index (χ4v) is 2.64. The quantitative estimate of drug-likeness (QED) is 0.914. The largest absolute Gasteiger partial charge is 0.370 e. The minimum absolute atomic E-state index is 0.202. The molecule has 0 aliphatic carbocycles. The maximum absolute atomic E-state index is 10.9. The SMILES string of the molecule is NC(=O)CC1CCN(c2ncncc2Br)CC1. The van der Waals surface area contributed by atoms with Gasteiger partial charge in [-0.3, -0.25) is 4.79 Å². The molecular weight excluding hydrogens is 284 g/mol. The molecule has 1 aliphatic heterocycles. The van der Waals surface area contributed by atoms with Crippen LogP contribution in [0.1, 0.15) is 19.3 Å². The van der Waals surface area contributed by atoms with E-state index in [-0.39, 0.29) is 5.91 Å². The predicted octanol–water partition coefficient (Wildman–Crippen LogP) is 1.33. The molecule has 1 aromatic heterocycles. The molecule has 1 fully saturated rings. The molecule has 2 N–H and O–H groups in total. The first kappa shape index (κ1) is 12.3. The van der Waals surface area contributed by atoms with Crippen LogP contribution in [0.5, 0.6) is 0 Å². The smallest absolute Gasteiger partial charge is 0.217 e. The Kier molecular flexibility index (Phi) is 3.93. The van der Waals surface area contributed by atoms with Gasteiger partial charge < -0.3 is 10.6 Å². The topological polar surface area (TPSA) is 72.1 Å². The molecule has 17 heavy (non-hydrogen) atoms. The van der Waals surface area contributed by atoms with E-state index < -0.39 is 0 Å². The van der Waals surface area contributed by atoms with Crippen LogP contribution in [0.2, 0.25) is 0 Å². The molecule has 0 radical (unpaired) electrons. The minimum Gasteiger partial charge on any atom is -0.370 e. The number of hydrogen-bond donors (Lipinski definition) is 1. The Bertz CT molecular complexity index is 404. The van der Waals surface area contributed by atoms with Crippen molar-refractivity contribution in [1.82, 2.24) is 9.97 Å². The van der Waals surface area contributed by atoms with Gasteiger partial charge in [0, 0.05) is 25.7 Å². The highest BCUT2D eigenvalue weighted by Crippen LogP contribution is 2.27. The molecule has 0 aromatic carbocycles. The Balaban J connectivity index is 1.95. The van der Waals surface area contributed by atoms with Crippen LogP contribution in [-0.4, -0.2) is 29.0 Å². The lowest BCUT2D eigenvalue weighted by molar-refractivity contribution is -0.119. The van der Waals surface area contributed by atoms with Crippen molar-refractivity contribution in [3.63, 3.8) is 0 Å².